The molecule has 1 aromatic carbocycles. The van der Waals surface area contributed by atoms with Crippen LogP contribution in [0.4, 0.5) is 5.69 Å². The summed E-state index contributed by atoms with van der Waals surface area (Å²) in [6, 6.07) is 5.84. The molecule has 2 rings (SSSR count). The van der Waals surface area contributed by atoms with Gasteiger partial charge < -0.3 is 10.4 Å². The lowest BCUT2D eigenvalue weighted by atomic mass is 9.94. The zero-order chi connectivity index (χ0) is 13.8. The van der Waals surface area contributed by atoms with E-state index in [9.17, 15) is 9.90 Å². The average molecular weight is 279 g/mol. The summed E-state index contributed by atoms with van der Waals surface area (Å²) in [5.41, 5.74) is 2.18. The number of benzene rings is 1. The Morgan fingerprint density at radius 1 is 1.32 bits per heavy atom. The molecular weight excluding hydrogens is 258 g/mol. The van der Waals surface area contributed by atoms with Crippen molar-refractivity contribution in [1.82, 2.24) is 0 Å². The van der Waals surface area contributed by atoms with Gasteiger partial charge in [-0.05, 0) is 50.5 Å². The number of rotatable bonds is 4. The summed E-state index contributed by atoms with van der Waals surface area (Å²) in [7, 11) is 0. The Hall–Kier alpha value is -1.16. The fourth-order valence-electron chi connectivity index (χ4n) is 2.68. The van der Waals surface area contributed by atoms with Crippen LogP contribution in [0.1, 0.15) is 41.6 Å². The van der Waals surface area contributed by atoms with Crippen molar-refractivity contribution in [1.29, 1.82) is 0 Å². The van der Waals surface area contributed by atoms with E-state index >= 15 is 0 Å². The molecule has 1 aliphatic carbocycles. The molecule has 0 aromatic heterocycles. The van der Waals surface area contributed by atoms with Gasteiger partial charge in [0.25, 0.3) is 0 Å². The number of carbonyl (C=O) groups is 1. The van der Waals surface area contributed by atoms with Gasteiger partial charge in [-0.3, -0.25) is 0 Å². The van der Waals surface area contributed by atoms with Crippen molar-refractivity contribution in [3.8, 4) is 0 Å². The second-order valence-electron chi connectivity index (χ2n) is 5.16. The lowest BCUT2D eigenvalue weighted by molar-refractivity contribution is 0.0698. The Balaban J connectivity index is 2.09. The van der Waals surface area contributed by atoms with Crippen molar-refractivity contribution < 1.29 is 9.90 Å². The van der Waals surface area contributed by atoms with E-state index in [2.05, 4.69) is 11.6 Å². The van der Waals surface area contributed by atoms with Crippen molar-refractivity contribution in [2.45, 2.75) is 43.9 Å². The molecule has 0 spiro atoms. The molecule has 0 atom stereocenters. The van der Waals surface area contributed by atoms with E-state index in [4.69, 9.17) is 0 Å². The van der Waals surface area contributed by atoms with Crippen LogP contribution in [0.3, 0.4) is 0 Å². The maximum Gasteiger partial charge on any atom is 0.337 e. The third-order valence-corrected chi connectivity index (χ3v) is 5.00. The Bertz CT molecular complexity index is 453. The lowest BCUT2D eigenvalue weighted by Gasteiger charge is -2.29. The van der Waals surface area contributed by atoms with E-state index in [-0.39, 0.29) is 0 Å². The van der Waals surface area contributed by atoms with Gasteiger partial charge >= 0.3 is 5.97 Å². The predicted molar refractivity (Wildman–Crippen MR) is 81.3 cm³/mol. The molecule has 1 saturated carbocycles. The summed E-state index contributed by atoms with van der Waals surface area (Å²) in [4.78, 5) is 11.3. The first-order valence-electron chi connectivity index (χ1n) is 6.74. The van der Waals surface area contributed by atoms with Crippen LogP contribution < -0.4 is 5.32 Å². The minimum Gasteiger partial charge on any atom is -0.478 e. The van der Waals surface area contributed by atoms with Crippen molar-refractivity contribution in [2.24, 2.45) is 0 Å². The molecule has 0 radical (unpaired) electrons. The van der Waals surface area contributed by atoms with Crippen LogP contribution in [0.2, 0.25) is 0 Å². The maximum atomic E-state index is 11.3. The highest BCUT2D eigenvalue weighted by molar-refractivity contribution is 7.99. The number of para-hydroxylation sites is 1. The molecule has 104 valence electrons. The lowest BCUT2D eigenvalue weighted by Crippen LogP contribution is -2.28. The van der Waals surface area contributed by atoms with Crippen molar-refractivity contribution in [3.63, 3.8) is 0 Å². The number of aromatic carboxylic acids is 1. The quantitative estimate of drug-likeness (QED) is 0.880. The number of anilines is 1. The Kier molecular flexibility index (Phi) is 4.75. The number of hydrogen-bond acceptors (Lipinski definition) is 3. The van der Waals surface area contributed by atoms with E-state index in [1.165, 1.54) is 12.8 Å². The number of carboxylic acids is 1. The molecule has 19 heavy (non-hydrogen) atoms. The number of carboxylic acid groups (broad SMARTS) is 1. The summed E-state index contributed by atoms with van der Waals surface area (Å²) in [5.74, 6) is -0.857. The van der Waals surface area contributed by atoms with Gasteiger partial charge in [-0.2, -0.15) is 11.8 Å². The summed E-state index contributed by atoms with van der Waals surface area (Å²) in [5, 5.41) is 13.5. The number of aryl methyl sites for hydroxylation is 1. The van der Waals surface area contributed by atoms with Gasteiger partial charge in [-0.25, -0.2) is 4.79 Å². The predicted octanol–water partition coefficient (Wildman–Crippen LogP) is 3.78. The Morgan fingerprint density at radius 2 is 2.00 bits per heavy atom. The standard InChI is InChI=1S/C15H21NO2S/c1-10-4-3-5-13(15(17)18)14(10)16-11-6-8-12(19-2)9-7-11/h3-5,11-12,16H,6-9H2,1-2H3,(H,17,18). The Labute approximate surface area is 118 Å². The molecule has 1 aromatic rings. The second-order valence-corrected chi connectivity index (χ2v) is 6.29. The highest BCUT2D eigenvalue weighted by atomic mass is 32.2. The third kappa shape index (κ3) is 3.44. The minimum atomic E-state index is -0.857. The zero-order valence-electron chi connectivity index (χ0n) is 11.5. The van der Waals surface area contributed by atoms with Crippen LogP contribution in [0.25, 0.3) is 0 Å². The fourth-order valence-corrected chi connectivity index (χ4v) is 3.43. The first-order chi connectivity index (χ1) is 9.11. The normalized spacial score (nSPS) is 23.1. The monoisotopic (exact) mass is 279 g/mol. The van der Waals surface area contributed by atoms with Crippen molar-refractivity contribution in [3.05, 3.63) is 29.3 Å². The van der Waals surface area contributed by atoms with E-state index in [0.29, 0.717) is 11.6 Å². The molecule has 0 heterocycles. The van der Waals surface area contributed by atoms with E-state index in [1.54, 1.807) is 12.1 Å². The van der Waals surface area contributed by atoms with Gasteiger partial charge in [0.1, 0.15) is 0 Å². The number of thioether (sulfide) groups is 1. The van der Waals surface area contributed by atoms with Crippen LogP contribution >= 0.6 is 11.8 Å². The molecule has 0 saturated heterocycles. The van der Waals surface area contributed by atoms with Crippen LogP contribution in [0, 0.1) is 6.92 Å². The molecule has 4 heteroatoms. The molecule has 0 aliphatic heterocycles. The first-order valence-corrected chi connectivity index (χ1v) is 8.03. The third-order valence-electron chi connectivity index (χ3n) is 3.86. The maximum absolute atomic E-state index is 11.3. The van der Waals surface area contributed by atoms with E-state index in [0.717, 1.165) is 29.3 Å². The first kappa shape index (κ1) is 14.3. The van der Waals surface area contributed by atoms with Gasteiger partial charge in [0.05, 0.1) is 11.3 Å². The molecule has 3 nitrogen and oxygen atoms in total. The van der Waals surface area contributed by atoms with Crippen molar-refractivity contribution >= 4 is 23.4 Å². The topological polar surface area (TPSA) is 49.3 Å². The highest BCUT2D eigenvalue weighted by Gasteiger charge is 2.22. The molecule has 0 unspecified atom stereocenters. The molecule has 0 amide bonds. The SMILES string of the molecule is CSC1CCC(Nc2c(C)cccc2C(=O)O)CC1. The van der Waals surface area contributed by atoms with Gasteiger partial charge in [0.15, 0.2) is 0 Å². The summed E-state index contributed by atoms with van der Waals surface area (Å²) in [6.07, 6.45) is 6.85. The molecule has 1 fully saturated rings. The molecule has 0 bridgehead atoms. The average Bonchev–Trinajstić information content (AvgIpc) is 2.41. The fraction of sp³-hybridized carbons (Fsp3) is 0.533. The number of hydrogen-bond donors (Lipinski definition) is 2. The van der Waals surface area contributed by atoms with Gasteiger partial charge in [-0.1, -0.05) is 12.1 Å². The van der Waals surface area contributed by atoms with Crippen LogP contribution in [0.15, 0.2) is 18.2 Å². The molecule has 2 N–H and O–H groups in total. The highest BCUT2D eigenvalue weighted by Crippen LogP contribution is 2.30. The van der Waals surface area contributed by atoms with Crippen LogP contribution in [0.5, 0.6) is 0 Å². The van der Waals surface area contributed by atoms with Gasteiger partial charge in [-0.15, -0.1) is 0 Å². The zero-order valence-corrected chi connectivity index (χ0v) is 12.3. The largest absolute Gasteiger partial charge is 0.478 e. The summed E-state index contributed by atoms with van der Waals surface area (Å²) >= 11 is 1.94. The molecular formula is C15H21NO2S. The van der Waals surface area contributed by atoms with E-state index in [1.807, 2.05) is 24.8 Å². The van der Waals surface area contributed by atoms with Gasteiger partial charge in [0.2, 0.25) is 0 Å². The second kappa shape index (κ2) is 6.33. The van der Waals surface area contributed by atoms with E-state index < -0.39 is 5.97 Å². The smallest absolute Gasteiger partial charge is 0.337 e. The van der Waals surface area contributed by atoms with Crippen LogP contribution in [-0.2, 0) is 0 Å². The Morgan fingerprint density at radius 3 is 2.58 bits per heavy atom. The van der Waals surface area contributed by atoms with Crippen LogP contribution in [-0.4, -0.2) is 28.6 Å². The van der Waals surface area contributed by atoms with Crippen molar-refractivity contribution in [2.75, 3.05) is 11.6 Å². The summed E-state index contributed by atoms with van der Waals surface area (Å²) < 4.78 is 0. The summed E-state index contributed by atoms with van der Waals surface area (Å²) in [6.45, 7) is 1.96. The minimum absolute atomic E-state index is 0.381. The van der Waals surface area contributed by atoms with Gasteiger partial charge in [0, 0.05) is 11.3 Å². The number of nitrogens with one attached hydrogen (secondary N) is 1. The molecule has 1 aliphatic rings.